The summed E-state index contributed by atoms with van der Waals surface area (Å²) < 4.78 is 30.4. The smallest absolute Gasteiger partial charge is 0.261 e. The molecule has 0 saturated heterocycles. The number of nitrogens with zero attached hydrogens (tertiary/aromatic N) is 2. The average Bonchev–Trinajstić information content (AvgIpc) is 3.09. The van der Waals surface area contributed by atoms with Gasteiger partial charge in [0.05, 0.1) is 11.9 Å². The fraction of sp³-hybridized carbons (Fsp3) is 0.458. The van der Waals surface area contributed by atoms with Gasteiger partial charge < -0.3 is 15.0 Å². The zero-order chi connectivity index (χ0) is 23.3. The van der Waals surface area contributed by atoms with Crippen LogP contribution in [0.4, 0.5) is 11.4 Å². The van der Waals surface area contributed by atoms with Gasteiger partial charge >= 0.3 is 0 Å². The number of fused-ring (bicyclic) bond motifs is 1. The van der Waals surface area contributed by atoms with Crippen molar-refractivity contribution in [2.75, 3.05) is 35.6 Å². The van der Waals surface area contributed by atoms with Crippen molar-refractivity contribution in [3.8, 4) is 5.75 Å². The Labute approximate surface area is 191 Å². The van der Waals surface area contributed by atoms with E-state index >= 15 is 0 Å². The molecule has 8 heteroatoms. The molecule has 0 saturated carbocycles. The highest BCUT2D eigenvalue weighted by Crippen LogP contribution is 2.31. The molecule has 1 aliphatic heterocycles. The summed E-state index contributed by atoms with van der Waals surface area (Å²) in [6, 6.07) is 15.7. The normalized spacial score (nSPS) is 16.4. The first kappa shape index (κ1) is 23.9. The lowest BCUT2D eigenvalue weighted by Crippen LogP contribution is -2.39. The number of benzene rings is 2. The standard InChI is InChI=1S/C24H33N3O4S/c1-5-23(31-21-13-11-20(12-14-21)26(3)32(4,29)30)24(28)25-15-8-16-27-18(2)17-19-9-6-7-10-22(19)27/h6-7,9-14,18,23H,5,8,15-17H2,1-4H3,(H,25,28)/t18-,23-/m1/s1. The van der Waals surface area contributed by atoms with Crippen molar-refractivity contribution >= 4 is 27.3 Å². The number of anilines is 2. The van der Waals surface area contributed by atoms with Gasteiger partial charge in [0.1, 0.15) is 5.75 Å². The molecular formula is C24H33N3O4S. The van der Waals surface area contributed by atoms with Crippen LogP contribution >= 0.6 is 0 Å². The summed E-state index contributed by atoms with van der Waals surface area (Å²) in [5, 5.41) is 2.99. The summed E-state index contributed by atoms with van der Waals surface area (Å²) in [5.41, 5.74) is 3.22. The van der Waals surface area contributed by atoms with Crippen molar-refractivity contribution in [3.05, 3.63) is 54.1 Å². The molecule has 0 unspecified atom stereocenters. The lowest BCUT2D eigenvalue weighted by molar-refractivity contribution is -0.128. The van der Waals surface area contributed by atoms with Gasteiger partial charge in [0.25, 0.3) is 5.91 Å². The van der Waals surface area contributed by atoms with E-state index in [0.717, 1.165) is 25.6 Å². The fourth-order valence-corrected chi connectivity index (χ4v) is 4.46. The molecule has 2 aromatic carbocycles. The van der Waals surface area contributed by atoms with Gasteiger partial charge in [0, 0.05) is 31.9 Å². The summed E-state index contributed by atoms with van der Waals surface area (Å²) in [6.45, 7) is 5.62. The molecule has 0 fully saturated rings. The average molecular weight is 460 g/mol. The maximum absolute atomic E-state index is 12.6. The molecule has 2 atom stereocenters. The third kappa shape index (κ3) is 5.73. The molecule has 0 aliphatic carbocycles. The van der Waals surface area contributed by atoms with Gasteiger partial charge in [-0.25, -0.2) is 8.42 Å². The van der Waals surface area contributed by atoms with Crippen LogP contribution in [0.25, 0.3) is 0 Å². The third-order valence-electron chi connectivity index (χ3n) is 5.86. The molecule has 7 nitrogen and oxygen atoms in total. The summed E-state index contributed by atoms with van der Waals surface area (Å²) in [6.07, 6.45) is 3.01. The van der Waals surface area contributed by atoms with Crippen molar-refractivity contribution in [2.24, 2.45) is 0 Å². The van der Waals surface area contributed by atoms with Gasteiger partial charge in [0.2, 0.25) is 10.0 Å². The van der Waals surface area contributed by atoms with Crippen LogP contribution in [-0.4, -0.2) is 52.9 Å². The maximum Gasteiger partial charge on any atom is 0.261 e. The highest BCUT2D eigenvalue weighted by atomic mass is 32.2. The Bertz CT molecular complexity index is 1020. The number of carbonyl (C=O) groups is 1. The van der Waals surface area contributed by atoms with Crippen LogP contribution in [0.15, 0.2) is 48.5 Å². The van der Waals surface area contributed by atoms with Crippen molar-refractivity contribution < 1.29 is 17.9 Å². The minimum atomic E-state index is -3.32. The third-order valence-corrected chi connectivity index (χ3v) is 7.07. The second kappa shape index (κ2) is 10.3. The Kier molecular flexibility index (Phi) is 7.66. The van der Waals surface area contributed by atoms with Crippen molar-refractivity contribution in [1.29, 1.82) is 0 Å². The van der Waals surface area contributed by atoms with E-state index in [-0.39, 0.29) is 5.91 Å². The quantitative estimate of drug-likeness (QED) is 0.552. The second-order valence-corrected chi connectivity index (χ2v) is 10.3. The first-order valence-corrected chi connectivity index (χ1v) is 12.9. The van der Waals surface area contributed by atoms with Crippen LogP contribution in [-0.2, 0) is 21.2 Å². The first-order chi connectivity index (χ1) is 15.2. The number of hydrogen-bond donors (Lipinski definition) is 1. The number of hydrogen-bond acceptors (Lipinski definition) is 5. The van der Waals surface area contributed by atoms with E-state index in [9.17, 15) is 13.2 Å². The molecular weight excluding hydrogens is 426 g/mol. The van der Waals surface area contributed by atoms with E-state index in [4.69, 9.17) is 4.74 Å². The Hall–Kier alpha value is -2.74. The zero-order valence-electron chi connectivity index (χ0n) is 19.2. The SMILES string of the molecule is CC[C@@H](Oc1ccc(N(C)S(C)(=O)=O)cc1)C(=O)NCCCN1c2ccccc2C[C@H]1C. The van der Waals surface area contributed by atoms with E-state index in [1.54, 1.807) is 24.3 Å². The van der Waals surface area contributed by atoms with Gasteiger partial charge in [-0.15, -0.1) is 0 Å². The summed E-state index contributed by atoms with van der Waals surface area (Å²) in [4.78, 5) is 15.0. The predicted octanol–water partition coefficient (Wildman–Crippen LogP) is 3.20. The molecule has 3 rings (SSSR count). The molecule has 0 radical (unpaired) electrons. The Morgan fingerprint density at radius 1 is 1.22 bits per heavy atom. The van der Waals surface area contributed by atoms with Gasteiger partial charge in [0.15, 0.2) is 6.10 Å². The molecule has 2 aromatic rings. The van der Waals surface area contributed by atoms with Crippen LogP contribution in [0, 0.1) is 0 Å². The van der Waals surface area contributed by atoms with E-state index in [1.807, 2.05) is 6.92 Å². The van der Waals surface area contributed by atoms with Crippen molar-refractivity contribution in [2.45, 2.75) is 45.3 Å². The van der Waals surface area contributed by atoms with Gasteiger partial charge in [-0.05, 0) is 62.1 Å². The molecule has 0 bridgehead atoms. The highest BCUT2D eigenvalue weighted by molar-refractivity contribution is 7.92. The number of ether oxygens (including phenoxy) is 1. The summed E-state index contributed by atoms with van der Waals surface area (Å²) in [7, 11) is -1.83. The molecule has 0 aromatic heterocycles. The van der Waals surface area contributed by atoms with Crippen molar-refractivity contribution in [1.82, 2.24) is 5.32 Å². The summed E-state index contributed by atoms with van der Waals surface area (Å²) in [5.74, 6) is 0.389. The van der Waals surface area contributed by atoms with Gasteiger partial charge in [-0.1, -0.05) is 25.1 Å². The van der Waals surface area contributed by atoms with Crippen LogP contribution in [0.5, 0.6) is 5.75 Å². The Morgan fingerprint density at radius 3 is 2.56 bits per heavy atom. The number of nitrogens with one attached hydrogen (secondary N) is 1. The van der Waals surface area contributed by atoms with Crippen LogP contribution in [0.1, 0.15) is 32.3 Å². The molecule has 174 valence electrons. The minimum absolute atomic E-state index is 0.139. The molecule has 1 heterocycles. The number of carbonyl (C=O) groups excluding carboxylic acids is 1. The van der Waals surface area contributed by atoms with E-state index in [1.165, 1.54) is 22.6 Å². The minimum Gasteiger partial charge on any atom is -0.481 e. The van der Waals surface area contributed by atoms with Crippen LogP contribution in [0.3, 0.4) is 0 Å². The lowest BCUT2D eigenvalue weighted by Gasteiger charge is -2.25. The van der Waals surface area contributed by atoms with E-state index in [0.29, 0.717) is 30.4 Å². The fourth-order valence-electron chi connectivity index (χ4n) is 3.96. The Balaban J connectivity index is 1.48. The monoisotopic (exact) mass is 459 g/mol. The van der Waals surface area contributed by atoms with Gasteiger partial charge in [-0.2, -0.15) is 0 Å². The topological polar surface area (TPSA) is 78.9 Å². The lowest BCUT2D eigenvalue weighted by atomic mass is 10.1. The largest absolute Gasteiger partial charge is 0.481 e. The molecule has 1 aliphatic rings. The maximum atomic E-state index is 12.6. The number of rotatable bonds is 10. The van der Waals surface area contributed by atoms with Crippen LogP contribution in [0.2, 0.25) is 0 Å². The van der Waals surface area contributed by atoms with E-state index < -0.39 is 16.1 Å². The first-order valence-electron chi connectivity index (χ1n) is 11.0. The van der Waals surface area contributed by atoms with Crippen molar-refractivity contribution in [3.63, 3.8) is 0 Å². The van der Waals surface area contributed by atoms with E-state index in [2.05, 4.69) is 41.4 Å². The van der Waals surface area contributed by atoms with Gasteiger partial charge in [-0.3, -0.25) is 9.10 Å². The van der Waals surface area contributed by atoms with Crippen LogP contribution < -0.4 is 19.3 Å². The number of amides is 1. The highest BCUT2D eigenvalue weighted by Gasteiger charge is 2.25. The number of sulfonamides is 1. The number of para-hydroxylation sites is 1. The molecule has 1 amide bonds. The molecule has 0 spiro atoms. The molecule has 32 heavy (non-hydrogen) atoms. The predicted molar refractivity (Wildman–Crippen MR) is 129 cm³/mol. The molecule has 1 N–H and O–H groups in total. The summed E-state index contributed by atoms with van der Waals surface area (Å²) >= 11 is 0. The zero-order valence-corrected chi connectivity index (χ0v) is 20.1. The second-order valence-electron chi connectivity index (χ2n) is 8.26. The Morgan fingerprint density at radius 2 is 1.91 bits per heavy atom.